The first-order valence-electron chi connectivity index (χ1n) is 11.3. The van der Waals surface area contributed by atoms with Crippen LogP contribution in [0.2, 0.25) is 0 Å². The summed E-state index contributed by atoms with van der Waals surface area (Å²) >= 11 is 0. The molecule has 8 nitrogen and oxygen atoms in total. The molecule has 9 heteroatoms. The largest absolute Gasteiger partial charge is 0.363 e. The molecule has 0 aliphatic heterocycles. The van der Waals surface area contributed by atoms with Crippen molar-refractivity contribution in [3.05, 3.63) is 96.7 Å². The van der Waals surface area contributed by atoms with E-state index in [0.29, 0.717) is 29.3 Å². The van der Waals surface area contributed by atoms with E-state index < -0.39 is 9.84 Å². The average molecular weight is 485 g/mol. The number of benzene rings is 1. The Kier molecular flexibility index (Phi) is 6.24. The van der Waals surface area contributed by atoms with E-state index in [4.69, 9.17) is 10.1 Å². The first-order chi connectivity index (χ1) is 17.0. The van der Waals surface area contributed by atoms with Gasteiger partial charge >= 0.3 is 0 Å². The lowest BCUT2D eigenvalue weighted by atomic mass is 10.1. The van der Waals surface area contributed by atoms with Crippen LogP contribution in [0.4, 0.5) is 5.82 Å². The molecule has 0 unspecified atom stereocenters. The number of hydrogen-bond donors (Lipinski definition) is 1. The normalized spacial score (nSPS) is 11.6. The van der Waals surface area contributed by atoms with Crippen LogP contribution in [0.1, 0.15) is 18.2 Å². The third-order valence-electron chi connectivity index (χ3n) is 5.64. The van der Waals surface area contributed by atoms with Crippen LogP contribution >= 0.6 is 0 Å². The van der Waals surface area contributed by atoms with E-state index >= 15 is 0 Å². The summed E-state index contributed by atoms with van der Waals surface area (Å²) in [5.41, 5.74) is 5.03. The summed E-state index contributed by atoms with van der Waals surface area (Å²) in [5.74, 6) is 1.10. The SMILES string of the molecule is CCS(=O)(=O)Cc1cncc(-c2nc(NCc3ccccn3)c3c(-c4ccccc4)ccn3n2)c1. The van der Waals surface area contributed by atoms with E-state index in [1.165, 1.54) is 0 Å². The molecule has 5 aromatic rings. The summed E-state index contributed by atoms with van der Waals surface area (Å²) in [6.07, 6.45) is 6.87. The summed E-state index contributed by atoms with van der Waals surface area (Å²) in [6, 6.07) is 19.6. The maximum atomic E-state index is 12.1. The molecule has 0 bridgehead atoms. The molecule has 0 saturated heterocycles. The summed E-state index contributed by atoms with van der Waals surface area (Å²) < 4.78 is 26.0. The maximum Gasteiger partial charge on any atom is 0.183 e. The van der Waals surface area contributed by atoms with Crippen molar-refractivity contribution >= 4 is 21.2 Å². The zero-order valence-electron chi connectivity index (χ0n) is 19.2. The van der Waals surface area contributed by atoms with Crippen molar-refractivity contribution in [1.29, 1.82) is 0 Å². The number of aromatic nitrogens is 5. The van der Waals surface area contributed by atoms with Gasteiger partial charge in [0, 0.05) is 41.7 Å². The molecule has 0 atom stereocenters. The Labute approximate surface area is 203 Å². The average Bonchev–Trinajstić information content (AvgIpc) is 3.33. The van der Waals surface area contributed by atoms with Crippen LogP contribution in [0, 0.1) is 0 Å². The van der Waals surface area contributed by atoms with Crippen molar-refractivity contribution in [3.63, 3.8) is 0 Å². The van der Waals surface area contributed by atoms with Crippen molar-refractivity contribution in [1.82, 2.24) is 24.6 Å². The molecule has 0 fully saturated rings. The first-order valence-corrected chi connectivity index (χ1v) is 13.1. The lowest BCUT2D eigenvalue weighted by molar-refractivity contribution is 0.596. The van der Waals surface area contributed by atoms with Gasteiger partial charge in [-0.3, -0.25) is 9.97 Å². The van der Waals surface area contributed by atoms with Crippen LogP contribution in [0.25, 0.3) is 28.0 Å². The topological polar surface area (TPSA) is 102 Å². The molecule has 1 aromatic carbocycles. The van der Waals surface area contributed by atoms with Crippen LogP contribution in [0.5, 0.6) is 0 Å². The van der Waals surface area contributed by atoms with E-state index in [-0.39, 0.29) is 11.5 Å². The van der Waals surface area contributed by atoms with Gasteiger partial charge in [-0.2, -0.15) is 0 Å². The van der Waals surface area contributed by atoms with Crippen molar-refractivity contribution in [2.45, 2.75) is 19.2 Å². The Morgan fingerprint density at radius 2 is 1.80 bits per heavy atom. The highest BCUT2D eigenvalue weighted by Crippen LogP contribution is 2.31. The van der Waals surface area contributed by atoms with Gasteiger partial charge in [-0.05, 0) is 35.4 Å². The predicted octanol–water partition coefficient (Wildman–Crippen LogP) is 4.40. The van der Waals surface area contributed by atoms with Gasteiger partial charge in [-0.1, -0.05) is 43.3 Å². The second-order valence-corrected chi connectivity index (χ2v) is 10.5. The third-order valence-corrected chi connectivity index (χ3v) is 7.29. The van der Waals surface area contributed by atoms with Gasteiger partial charge in [0.25, 0.3) is 0 Å². The van der Waals surface area contributed by atoms with E-state index in [0.717, 1.165) is 22.3 Å². The quantitative estimate of drug-likeness (QED) is 0.348. The molecule has 0 aliphatic carbocycles. The van der Waals surface area contributed by atoms with Gasteiger partial charge in [0.2, 0.25) is 0 Å². The molecule has 35 heavy (non-hydrogen) atoms. The minimum Gasteiger partial charge on any atom is -0.363 e. The number of hydrogen-bond acceptors (Lipinski definition) is 7. The van der Waals surface area contributed by atoms with Crippen molar-refractivity contribution in [2.75, 3.05) is 11.1 Å². The summed E-state index contributed by atoms with van der Waals surface area (Å²) in [4.78, 5) is 13.5. The molecule has 0 saturated carbocycles. The number of nitrogens with one attached hydrogen (secondary N) is 1. The Morgan fingerprint density at radius 3 is 2.57 bits per heavy atom. The molecule has 1 N–H and O–H groups in total. The Morgan fingerprint density at radius 1 is 0.971 bits per heavy atom. The number of sulfone groups is 1. The minimum atomic E-state index is -3.19. The lowest BCUT2D eigenvalue weighted by Gasteiger charge is -2.12. The summed E-state index contributed by atoms with van der Waals surface area (Å²) in [6.45, 7) is 2.12. The number of fused-ring (bicyclic) bond motifs is 1. The molecular weight excluding hydrogens is 460 g/mol. The maximum absolute atomic E-state index is 12.1. The number of anilines is 1. The van der Waals surface area contributed by atoms with Crippen LogP contribution in [-0.2, 0) is 22.1 Å². The molecule has 4 aromatic heterocycles. The zero-order chi connectivity index (χ0) is 24.3. The molecule has 5 rings (SSSR count). The monoisotopic (exact) mass is 484 g/mol. The standard InChI is InChI=1S/C26H24N6O2S/c1-2-35(33,34)18-19-14-21(16-27-15-19)25-30-26(29-17-22-10-6-7-12-28-22)24-23(11-13-32(24)31-25)20-8-4-3-5-9-20/h3-16H,2,17-18H2,1H3,(H,29,30,31). The van der Waals surface area contributed by atoms with Crippen LogP contribution in [-0.4, -0.2) is 38.7 Å². The number of rotatable bonds is 8. The van der Waals surface area contributed by atoms with Crippen molar-refractivity contribution in [2.24, 2.45) is 0 Å². The molecule has 0 radical (unpaired) electrons. The molecule has 4 heterocycles. The Hall–Kier alpha value is -4.11. The zero-order valence-corrected chi connectivity index (χ0v) is 20.0. The summed E-state index contributed by atoms with van der Waals surface area (Å²) in [5, 5.41) is 8.15. The van der Waals surface area contributed by atoms with Gasteiger partial charge in [-0.25, -0.2) is 17.9 Å². The van der Waals surface area contributed by atoms with Crippen LogP contribution in [0.15, 0.2) is 85.5 Å². The molecule has 0 spiro atoms. The highest BCUT2D eigenvalue weighted by molar-refractivity contribution is 7.90. The fraction of sp³-hybridized carbons (Fsp3) is 0.154. The minimum absolute atomic E-state index is 0.0704. The van der Waals surface area contributed by atoms with Gasteiger partial charge < -0.3 is 5.32 Å². The van der Waals surface area contributed by atoms with Crippen LogP contribution in [0.3, 0.4) is 0 Å². The van der Waals surface area contributed by atoms with Gasteiger partial charge in [0.05, 0.1) is 18.0 Å². The van der Waals surface area contributed by atoms with E-state index in [1.807, 2.05) is 60.8 Å². The van der Waals surface area contributed by atoms with E-state index in [9.17, 15) is 8.42 Å². The lowest BCUT2D eigenvalue weighted by Crippen LogP contribution is -2.09. The van der Waals surface area contributed by atoms with Gasteiger partial charge in [-0.15, -0.1) is 5.10 Å². The van der Waals surface area contributed by atoms with Crippen molar-refractivity contribution < 1.29 is 8.42 Å². The highest BCUT2D eigenvalue weighted by Gasteiger charge is 2.17. The fourth-order valence-corrected chi connectivity index (χ4v) is 4.71. The van der Waals surface area contributed by atoms with E-state index in [1.54, 1.807) is 36.1 Å². The number of pyridine rings is 2. The second-order valence-electron chi connectivity index (χ2n) is 8.11. The molecule has 176 valence electrons. The predicted molar refractivity (Wildman–Crippen MR) is 136 cm³/mol. The molecular formula is C26H24N6O2S. The fourth-order valence-electron chi connectivity index (χ4n) is 3.84. The van der Waals surface area contributed by atoms with Crippen LogP contribution < -0.4 is 5.32 Å². The first kappa shape index (κ1) is 22.7. The second kappa shape index (κ2) is 9.63. The molecule has 0 aliphatic rings. The number of nitrogens with zero attached hydrogens (tertiary/aromatic N) is 5. The van der Waals surface area contributed by atoms with Gasteiger partial charge in [0.1, 0.15) is 5.52 Å². The molecule has 0 amide bonds. The Bertz CT molecular complexity index is 1570. The van der Waals surface area contributed by atoms with Gasteiger partial charge in [0.15, 0.2) is 21.5 Å². The Balaban J connectivity index is 1.60. The van der Waals surface area contributed by atoms with E-state index in [2.05, 4.69) is 15.3 Å². The highest BCUT2D eigenvalue weighted by atomic mass is 32.2. The summed E-state index contributed by atoms with van der Waals surface area (Å²) in [7, 11) is -3.19. The smallest absolute Gasteiger partial charge is 0.183 e. The third kappa shape index (κ3) is 5.04. The van der Waals surface area contributed by atoms with Crippen molar-refractivity contribution in [3.8, 4) is 22.5 Å².